The summed E-state index contributed by atoms with van der Waals surface area (Å²) in [6.07, 6.45) is 0. The standard InChI is InChI=1S/C23H32O/c1-17(2)18-13-15-20(16-14-18)23(24,19-11-9-8-10-12-19)22(6,7)21(3,4)5/h8-17,24H,1-7H3. The largest absolute Gasteiger partial charge is 0.380 e. The Morgan fingerprint density at radius 3 is 1.58 bits per heavy atom. The lowest BCUT2D eigenvalue weighted by Gasteiger charge is -2.51. The maximum atomic E-state index is 12.0. The third-order valence-electron chi connectivity index (χ3n) is 5.97. The summed E-state index contributed by atoms with van der Waals surface area (Å²) in [5.41, 5.74) is 1.71. The van der Waals surface area contributed by atoms with Gasteiger partial charge < -0.3 is 5.11 Å². The molecule has 0 saturated heterocycles. The van der Waals surface area contributed by atoms with Gasteiger partial charge in [0.1, 0.15) is 5.60 Å². The number of aliphatic hydroxyl groups is 1. The fourth-order valence-corrected chi connectivity index (χ4v) is 3.22. The predicted molar refractivity (Wildman–Crippen MR) is 103 cm³/mol. The van der Waals surface area contributed by atoms with E-state index in [9.17, 15) is 5.11 Å². The van der Waals surface area contributed by atoms with E-state index in [0.717, 1.165) is 11.1 Å². The summed E-state index contributed by atoms with van der Waals surface area (Å²) in [7, 11) is 0. The van der Waals surface area contributed by atoms with Gasteiger partial charge in [-0.3, -0.25) is 0 Å². The lowest BCUT2D eigenvalue weighted by Crippen LogP contribution is -2.50. The first-order valence-electron chi connectivity index (χ1n) is 8.90. The highest BCUT2D eigenvalue weighted by molar-refractivity contribution is 5.40. The van der Waals surface area contributed by atoms with E-state index in [-0.39, 0.29) is 10.8 Å². The van der Waals surface area contributed by atoms with Crippen molar-refractivity contribution in [1.82, 2.24) is 0 Å². The van der Waals surface area contributed by atoms with Gasteiger partial charge in [-0.1, -0.05) is 103 Å². The lowest BCUT2D eigenvalue weighted by molar-refractivity contribution is -0.0971. The molecule has 2 aromatic carbocycles. The van der Waals surface area contributed by atoms with Crippen LogP contribution >= 0.6 is 0 Å². The second-order valence-electron chi connectivity index (χ2n) is 8.73. The fraction of sp³-hybridized carbons (Fsp3) is 0.478. The van der Waals surface area contributed by atoms with Crippen LogP contribution in [-0.2, 0) is 5.60 Å². The first-order valence-corrected chi connectivity index (χ1v) is 8.90. The van der Waals surface area contributed by atoms with E-state index >= 15 is 0 Å². The Morgan fingerprint density at radius 2 is 1.17 bits per heavy atom. The molecule has 0 heterocycles. The average molecular weight is 325 g/mol. The molecule has 0 bridgehead atoms. The topological polar surface area (TPSA) is 20.2 Å². The van der Waals surface area contributed by atoms with Crippen LogP contribution in [0.15, 0.2) is 54.6 Å². The normalized spacial score (nSPS) is 15.4. The molecule has 0 aliphatic heterocycles. The van der Waals surface area contributed by atoms with Gasteiger partial charge >= 0.3 is 0 Å². The summed E-state index contributed by atoms with van der Waals surface area (Å²) in [5, 5.41) is 12.0. The summed E-state index contributed by atoms with van der Waals surface area (Å²) in [6, 6.07) is 18.5. The zero-order chi connectivity index (χ0) is 18.2. The highest BCUT2D eigenvalue weighted by atomic mass is 16.3. The molecule has 1 unspecified atom stereocenters. The van der Waals surface area contributed by atoms with E-state index in [0.29, 0.717) is 5.92 Å². The van der Waals surface area contributed by atoms with Crippen LogP contribution in [0.1, 0.15) is 71.1 Å². The minimum absolute atomic E-state index is 0.0751. The highest BCUT2D eigenvalue weighted by Gasteiger charge is 2.52. The molecule has 0 spiro atoms. The molecular formula is C23H32O. The van der Waals surface area contributed by atoms with Crippen molar-refractivity contribution in [1.29, 1.82) is 0 Å². The van der Waals surface area contributed by atoms with Crippen LogP contribution in [-0.4, -0.2) is 5.11 Å². The second kappa shape index (κ2) is 6.37. The van der Waals surface area contributed by atoms with E-state index in [1.807, 2.05) is 30.3 Å². The monoisotopic (exact) mass is 324 g/mol. The van der Waals surface area contributed by atoms with Crippen molar-refractivity contribution in [2.45, 2.75) is 60.0 Å². The maximum absolute atomic E-state index is 12.0. The van der Waals surface area contributed by atoms with Crippen molar-refractivity contribution >= 4 is 0 Å². The van der Waals surface area contributed by atoms with Gasteiger partial charge in [0.05, 0.1) is 0 Å². The molecule has 0 saturated carbocycles. The van der Waals surface area contributed by atoms with Crippen LogP contribution in [0.5, 0.6) is 0 Å². The molecule has 2 aromatic rings. The van der Waals surface area contributed by atoms with Crippen LogP contribution in [0.25, 0.3) is 0 Å². The molecule has 0 aliphatic rings. The average Bonchev–Trinajstić information content (AvgIpc) is 2.53. The van der Waals surface area contributed by atoms with Gasteiger partial charge in [0.15, 0.2) is 0 Å². The van der Waals surface area contributed by atoms with Crippen LogP contribution in [0.4, 0.5) is 0 Å². The minimum atomic E-state index is -1.05. The number of hydrogen-bond donors (Lipinski definition) is 1. The Hall–Kier alpha value is -1.60. The molecule has 0 aromatic heterocycles. The van der Waals surface area contributed by atoms with Gasteiger partial charge in [0.25, 0.3) is 0 Å². The Bertz CT molecular complexity index is 659. The van der Waals surface area contributed by atoms with Crippen molar-refractivity contribution in [3.63, 3.8) is 0 Å². The molecule has 0 amide bonds. The number of rotatable bonds is 4. The molecule has 2 rings (SSSR count). The van der Waals surface area contributed by atoms with Gasteiger partial charge in [0.2, 0.25) is 0 Å². The van der Waals surface area contributed by atoms with E-state index < -0.39 is 5.60 Å². The van der Waals surface area contributed by atoms with Gasteiger partial charge in [-0.2, -0.15) is 0 Å². The molecule has 1 nitrogen and oxygen atoms in total. The van der Waals surface area contributed by atoms with Crippen molar-refractivity contribution in [3.8, 4) is 0 Å². The lowest BCUT2D eigenvalue weighted by atomic mass is 9.56. The molecule has 24 heavy (non-hydrogen) atoms. The van der Waals surface area contributed by atoms with Crippen molar-refractivity contribution in [3.05, 3.63) is 71.3 Å². The second-order valence-corrected chi connectivity index (χ2v) is 8.73. The molecular weight excluding hydrogens is 292 g/mol. The molecule has 1 atom stereocenters. The Kier molecular flexibility index (Phi) is 4.97. The van der Waals surface area contributed by atoms with Crippen LogP contribution in [0.3, 0.4) is 0 Å². The zero-order valence-corrected chi connectivity index (χ0v) is 16.2. The van der Waals surface area contributed by atoms with Gasteiger partial charge in [0, 0.05) is 5.41 Å². The zero-order valence-electron chi connectivity index (χ0n) is 16.2. The predicted octanol–water partition coefficient (Wildman–Crippen LogP) is 6.12. The Balaban J connectivity index is 2.68. The quantitative estimate of drug-likeness (QED) is 0.718. The number of hydrogen-bond acceptors (Lipinski definition) is 1. The van der Waals surface area contributed by atoms with Crippen LogP contribution < -0.4 is 0 Å². The van der Waals surface area contributed by atoms with Gasteiger partial charge in [-0.05, 0) is 28.0 Å². The maximum Gasteiger partial charge on any atom is 0.120 e. The fourth-order valence-electron chi connectivity index (χ4n) is 3.22. The summed E-state index contributed by atoms with van der Waals surface area (Å²) in [6.45, 7) is 15.3. The molecule has 1 heteroatoms. The first kappa shape index (κ1) is 18.7. The first-order chi connectivity index (χ1) is 11.0. The molecule has 0 aliphatic carbocycles. The Labute approximate surface area is 147 Å². The van der Waals surface area contributed by atoms with E-state index in [4.69, 9.17) is 0 Å². The van der Waals surface area contributed by atoms with E-state index in [2.05, 4.69) is 72.7 Å². The van der Waals surface area contributed by atoms with Crippen molar-refractivity contribution in [2.75, 3.05) is 0 Å². The third kappa shape index (κ3) is 3.02. The minimum Gasteiger partial charge on any atom is -0.380 e. The smallest absolute Gasteiger partial charge is 0.120 e. The summed E-state index contributed by atoms with van der Waals surface area (Å²) in [5.74, 6) is 0.486. The van der Waals surface area contributed by atoms with Crippen molar-refractivity contribution in [2.24, 2.45) is 10.8 Å². The Morgan fingerprint density at radius 1 is 0.708 bits per heavy atom. The summed E-state index contributed by atoms with van der Waals surface area (Å²) in [4.78, 5) is 0. The highest BCUT2D eigenvalue weighted by Crippen LogP contribution is 2.54. The van der Waals surface area contributed by atoms with E-state index in [1.54, 1.807) is 0 Å². The SMILES string of the molecule is CC(C)c1ccc(C(O)(c2ccccc2)C(C)(C)C(C)(C)C)cc1. The summed E-state index contributed by atoms with van der Waals surface area (Å²) < 4.78 is 0. The van der Waals surface area contributed by atoms with E-state index in [1.165, 1.54) is 5.56 Å². The third-order valence-corrected chi connectivity index (χ3v) is 5.97. The van der Waals surface area contributed by atoms with Gasteiger partial charge in [-0.25, -0.2) is 0 Å². The van der Waals surface area contributed by atoms with Crippen molar-refractivity contribution < 1.29 is 5.11 Å². The number of benzene rings is 2. The van der Waals surface area contributed by atoms with Crippen LogP contribution in [0.2, 0.25) is 0 Å². The molecule has 0 radical (unpaired) electrons. The molecule has 0 fully saturated rings. The van der Waals surface area contributed by atoms with Gasteiger partial charge in [-0.15, -0.1) is 0 Å². The van der Waals surface area contributed by atoms with Crippen LogP contribution in [0, 0.1) is 10.8 Å². The molecule has 130 valence electrons. The molecule has 1 N–H and O–H groups in total. The summed E-state index contributed by atoms with van der Waals surface area (Å²) >= 11 is 0.